The molecule has 0 aliphatic carbocycles. The molecule has 38 heavy (non-hydrogen) atoms. The molecule has 0 atom stereocenters. The summed E-state index contributed by atoms with van der Waals surface area (Å²) in [5.41, 5.74) is 2.15. The van der Waals surface area contributed by atoms with Gasteiger partial charge in [0.2, 0.25) is 0 Å². The molecule has 8 heteroatoms. The number of nitriles is 1. The Balaban J connectivity index is 1.25. The van der Waals surface area contributed by atoms with Crippen LogP contribution in [0.2, 0.25) is 0 Å². The Bertz CT molecular complexity index is 1320. The maximum Gasteiger partial charge on any atom is 0.410 e. The molecule has 1 aliphatic heterocycles. The predicted molar refractivity (Wildman–Crippen MR) is 144 cm³/mol. The third kappa shape index (κ3) is 6.86. The number of hydrogen-bond donors (Lipinski definition) is 0. The van der Waals surface area contributed by atoms with Crippen LogP contribution in [0, 0.1) is 11.3 Å². The lowest BCUT2D eigenvalue weighted by atomic mass is 10.1. The first-order valence-electron chi connectivity index (χ1n) is 13.1. The maximum atomic E-state index is 12.5. The molecule has 2 heterocycles. The van der Waals surface area contributed by atoms with Gasteiger partial charge in [0.25, 0.3) is 0 Å². The van der Waals surface area contributed by atoms with E-state index in [1.165, 1.54) is 0 Å². The zero-order chi connectivity index (χ0) is 27.3. The molecule has 1 amide bonds. The van der Waals surface area contributed by atoms with Crippen molar-refractivity contribution in [3.8, 4) is 17.6 Å². The average Bonchev–Trinajstić information content (AvgIpc) is 3.24. The quantitative estimate of drug-likeness (QED) is 0.288. The predicted octanol–water partition coefficient (Wildman–Crippen LogP) is 5.85. The lowest BCUT2D eigenvalue weighted by Crippen LogP contribution is -2.44. The fourth-order valence-corrected chi connectivity index (χ4v) is 4.64. The van der Waals surface area contributed by atoms with Crippen molar-refractivity contribution in [2.24, 2.45) is 0 Å². The van der Waals surface area contributed by atoms with Crippen LogP contribution < -0.4 is 9.47 Å². The Morgan fingerprint density at radius 1 is 1.03 bits per heavy atom. The number of hydrogen-bond acceptors (Lipinski definition) is 6. The number of aryl methyl sites for hydroxylation is 2. The van der Waals surface area contributed by atoms with Crippen LogP contribution in [0.1, 0.15) is 58.2 Å². The number of likely N-dealkylation sites (tertiary alicyclic amines) is 1. The van der Waals surface area contributed by atoms with Crippen molar-refractivity contribution in [2.75, 3.05) is 13.1 Å². The molecule has 2 aromatic carbocycles. The number of ether oxygens (including phenoxy) is 3. The number of fused-ring (bicyclic) bond motifs is 1. The lowest BCUT2D eigenvalue weighted by Gasteiger charge is -2.33. The van der Waals surface area contributed by atoms with E-state index in [0.29, 0.717) is 36.6 Å². The smallest absolute Gasteiger partial charge is 0.410 e. The van der Waals surface area contributed by atoms with E-state index in [-0.39, 0.29) is 24.6 Å². The molecule has 1 aliphatic rings. The van der Waals surface area contributed by atoms with Gasteiger partial charge >= 0.3 is 12.1 Å². The molecule has 8 nitrogen and oxygen atoms in total. The van der Waals surface area contributed by atoms with Crippen molar-refractivity contribution < 1.29 is 23.8 Å². The Morgan fingerprint density at radius 3 is 2.34 bits per heavy atom. The van der Waals surface area contributed by atoms with Crippen LogP contribution in [-0.4, -0.2) is 46.3 Å². The average molecular weight is 518 g/mol. The van der Waals surface area contributed by atoms with Gasteiger partial charge in [0, 0.05) is 43.7 Å². The topological polar surface area (TPSA) is 93.8 Å². The first kappa shape index (κ1) is 27.1. The molecule has 0 saturated carbocycles. The van der Waals surface area contributed by atoms with E-state index in [0.717, 1.165) is 36.0 Å². The molecule has 4 rings (SSSR count). The third-order valence-electron chi connectivity index (χ3n) is 6.47. The number of carbonyl (C=O) groups excluding carboxylic acids is 2. The van der Waals surface area contributed by atoms with Gasteiger partial charge in [0.1, 0.15) is 23.2 Å². The first-order valence-corrected chi connectivity index (χ1v) is 13.1. The largest absolute Gasteiger partial charge is 0.490 e. The zero-order valence-corrected chi connectivity index (χ0v) is 22.5. The van der Waals surface area contributed by atoms with Gasteiger partial charge in [0.05, 0.1) is 18.1 Å². The van der Waals surface area contributed by atoms with Gasteiger partial charge in [-0.3, -0.25) is 4.79 Å². The van der Waals surface area contributed by atoms with Crippen molar-refractivity contribution in [3.05, 3.63) is 59.8 Å². The van der Waals surface area contributed by atoms with Crippen molar-refractivity contribution in [3.63, 3.8) is 0 Å². The molecule has 0 bridgehead atoms. The Kier molecular flexibility index (Phi) is 8.26. The van der Waals surface area contributed by atoms with Gasteiger partial charge in [-0.1, -0.05) is 6.07 Å². The summed E-state index contributed by atoms with van der Waals surface area (Å²) >= 11 is 0. The summed E-state index contributed by atoms with van der Waals surface area (Å²) in [5.74, 6) is 0.861. The number of rotatable bonds is 7. The number of benzene rings is 2. The minimum atomic E-state index is -0.506. The normalized spacial score (nSPS) is 14.2. The van der Waals surface area contributed by atoms with Gasteiger partial charge in [-0.05, 0) is 82.0 Å². The van der Waals surface area contributed by atoms with Crippen LogP contribution in [0.5, 0.6) is 11.5 Å². The van der Waals surface area contributed by atoms with E-state index < -0.39 is 5.60 Å². The van der Waals surface area contributed by atoms with Crippen LogP contribution in [0.15, 0.2) is 48.5 Å². The van der Waals surface area contributed by atoms with E-state index in [1.54, 1.807) is 35.2 Å². The molecule has 0 N–H and O–H groups in total. The van der Waals surface area contributed by atoms with Gasteiger partial charge in [-0.2, -0.15) is 5.26 Å². The molecule has 1 aromatic heterocycles. The van der Waals surface area contributed by atoms with E-state index in [9.17, 15) is 14.9 Å². The minimum absolute atomic E-state index is 0.0108. The third-order valence-corrected chi connectivity index (χ3v) is 6.47. The zero-order valence-electron chi connectivity index (χ0n) is 22.5. The second kappa shape index (κ2) is 11.6. The standard InChI is InChI=1S/C30H35N3O5/c1-5-33-23(19-22-7-6-21(20-31)18-27(22)33)8-13-28(34)37-25-11-9-24(10-12-25)36-26-14-16-32(17-15-26)29(35)38-30(2,3)4/h6-7,9-12,18-19,26H,5,8,13-17H2,1-4H3. The molecule has 1 saturated heterocycles. The fraction of sp³-hybridized carbons (Fsp3) is 0.433. The van der Waals surface area contributed by atoms with Gasteiger partial charge < -0.3 is 23.7 Å². The highest BCUT2D eigenvalue weighted by molar-refractivity contribution is 5.83. The van der Waals surface area contributed by atoms with Crippen LogP contribution >= 0.6 is 0 Å². The number of amides is 1. The fourth-order valence-electron chi connectivity index (χ4n) is 4.64. The number of nitrogens with zero attached hydrogens (tertiary/aromatic N) is 3. The number of aromatic nitrogens is 1. The Hall–Kier alpha value is -3.99. The second-order valence-electron chi connectivity index (χ2n) is 10.5. The summed E-state index contributed by atoms with van der Waals surface area (Å²) in [4.78, 5) is 26.5. The van der Waals surface area contributed by atoms with Crippen LogP contribution in [0.3, 0.4) is 0 Å². The van der Waals surface area contributed by atoms with Gasteiger partial charge in [-0.25, -0.2) is 4.79 Å². The summed E-state index contributed by atoms with van der Waals surface area (Å²) in [6.45, 7) is 9.57. The monoisotopic (exact) mass is 517 g/mol. The molecular weight excluding hydrogens is 482 g/mol. The molecular formula is C30H35N3O5. The highest BCUT2D eigenvalue weighted by Gasteiger charge is 2.27. The SMILES string of the molecule is CCn1c(CCC(=O)Oc2ccc(OC3CCN(C(=O)OC(C)(C)C)CC3)cc2)cc2ccc(C#N)cc21. The highest BCUT2D eigenvalue weighted by Crippen LogP contribution is 2.25. The number of carbonyl (C=O) groups is 2. The summed E-state index contributed by atoms with van der Waals surface area (Å²) < 4.78 is 19.2. The highest BCUT2D eigenvalue weighted by atomic mass is 16.6. The van der Waals surface area contributed by atoms with E-state index in [4.69, 9.17) is 14.2 Å². The van der Waals surface area contributed by atoms with E-state index in [2.05, 4.69) is 16.7 Å². The Morgan fingerprint density at radius 2 is 1.71 bits per heavy atom. The summed E-state index contributed by atoms with van der Waals surface area (Å²) in [6, 6.07) is 16.9. The number of piperidine rings is 1. The van der Waals surface area contributed by atoms with Crippen molar-refractivity contribution in [1.82, 2.24) is 9.47 Å². The molecule has 0 spiro atoms. The summed E-state index contributed by atoms with van der Waals surface area (Å²) in [7, 11) is 0. The van der Waals surface area contributed by atoms with Crippen LogP contribution in [0.4, 0.5) is 4.79 Å². The van der Waals surface area contributed by atoms with E-state index >= 15 is 0 Å². The maximum absolute atomic E-state index is 12.5. The first-order chi connectivity index (χ1) is 18.1. The van der Waals surface area contributed by atoms with Crippen LogP contribution in [-0.2, 0) is 22.5 Å². The van der Waals surface area contributed by atoms with Crippen molar-refractivity contribution in [1.29, 1.82) is 5.26 Å². The number of esters is 1. The van der Waals surface area contributed by atoms with Crippen LogP contribution in [0.25, 0.3) is 10.9 Å². The molecule has 0 radical (unpaired) electrons. The minimum Gasteiger partial charge on any atom is -0.490 e. The molecule has 3 aromatic rings. The van der Waals surface area contributed by atoms with Gasteiger partial charge in [-0.15, -0.1) is 0 Å². The van der Waals surface area contributed by atoms with Crippen molar-refractivity contribution in [2.45, 2.75) is 71.6 Å². The molecule has 1 fully saturated rings. The van der Waals surface area contributed by atoms with Crippen molar-refractivity contribution >= 4 is 23.0 Å². The molecule has 200 valence electrons. The second-order valence-corrected chi connectivity index (χ2v) is 10.5. The summed E-state index contributed by atoms with van der Waals surface area (Å²) in [5, 5.41) is 10.3. The van der Waals surface area contributed by atoms with Gasteiger partial charge in [0.15, 0.2) is 0 Å². The molecule has 0 unspecified atom stereocenters. The summed E-state index contributed by atoms with van der Waals surface area (Å²) in [6.07, 6.45) is 1.97. The lowest BCUT2D eigenvalue weighted by molar-refractivity contribution is -0.134. The Labute approximate surface area is 223 Å². The van der Waals surface area contributed by atoms with E-state index in [1.807, 2.05) is 39.8 Å².